The number of imide groups is 1. The zero-order valence-corrected chi connectivity index (χ0v) is 13.7. The second-order valence-corrected chi connectivity index (χ2v) is 6.03. The van der Waals surface area contributed by atoms with Gasteiger partial charge in [-0.05, 0) is 32.9 Å². The number of urea groups is 1. The zero-order chi connectivity index (χ0) is 16.1. The van der Waals surface area contributed by atoms with Crippen molar-refractivity contribution in [3.05, 3.63) is 24.3 Å². The fraction of sp³-hybridized carbons (Fsp3) is 0.400. The van der Waals surface area contributed by atoms with E-state index in [0.29, 0.717) is 0 Å². The Labute approximate surface area is 133 Å². The molecule has 0 radical (unpaired) electrons. The number of nitrogens with one attached hydrogen (secondary N) is 2. The van der Waals surface area contributed by atoms with Gasteiger partial charge < -0.3 is 9.88 Å². The Morgan fingerprint density at radius 1 is 1.32 bits per heavy atom. The fourth-order valence-electron chi connectivity index (χ4n) is 2.06. The number of benzene rings is 1. The molecular weight excluding hydrogens is 300 g/mol. The first kappa shape index (κ1) is 16.4. The summed E-state index contributed by atoms with van der Waals surface area (Å²) in [6, 6.07) is 7.38. The number of fused-ring (bicyclic) bond motifs is 1. The van der Waals surface area contributed by atoms with Crippen molar-refractivity contribution in [1.82, 2.24) is 20.2 Å². The Morgan fingerprint density at radius 2 is 2.05 bits per heavy atom. The van der Waals surface area contributed by atoms with Crippen LogP contribution < -0.4 is 10.6 Å². The molecule has 0 bridgehead atoms. The molecule has 7 heteroatoms. The third-order valence-corrected chi connectivity index (χ3v) is 3.92. The number of hydrogen-bond acceptors (Lipinski definition) is 4. The molecule has 6 nitrogen and oxygen atoms in total. The molecule has 0 aliphatic heterocycles. The van der Waals surface area contributed by atoms with E-state index < -0.39 is 6.03 Å². The zero-order valence-electron chi connectivity index (χ0n) is 12.9. The highest BCUT2D eigenvalue weighted by molar-refractivity contribution is 7.99. The first-order chi connectivity index (χ1) is 10.5. The first-order valence-corrected chi connectivity index (χ1v) is 8.18. The molecule has 3 amide bonds. The predicted octanol–water partition coefficient (Wildman–Crippen LogP) is 2.38. The second-order valence-electron chi connectivity index (χ2n) is 5.09. The molecule has 0 aliphatic carbocycles. The van der Waals surface area contributed by atoms with Crippen LogP contribution in [-0.4, -0.2) is 33.3 Å². The first-order valence-electron chi connectivity index (χ1n) is 7.19. The van der Waals surface area contributed by atoms with Crippen LogP contribution in [0.15, 0.2) is 29.4 Å². The van der Waals surface area contributed by atoms with Crippen LogP contribution in [0.5, 0.6) is 0 Å². The van der Waals surface area contributed by atoms with Crippen molar-refractivity contribution in [2.75, 3.05) is 5.75 Å². The van der Waals surface area contributed by atoms with Crippen LogP contribution in [0.25, 0.3) is 11.0 Å². The maximum atomic E-state index is 11.8. The van der Waals surface area contributed by atoms with Gasteiger partial charge in [0, 0.05) is 12.6 Å². The predicted molar refractivity (Wildman–Crippen MR) is 87.9 cm³/mol. The van der Waals surface area contributed by atoms with Crippen molar-refractivity contribution in [2.24, 2.45) is 0 Å². The minimum absolute atomic E-state index is 0.00950. The van der Waals surface area contributed by atoms with Crippen LogP contribution in [0, 0.1) is 0 Å². The summed E-state index contributed by atoms with van der Waals surface area (Å²) in [6.45, 7) is 6.48. The van der Waals surface area contributed by atoms with Gasteiger partial charge in [-0.25, -0.2) is 9.78 Å². The molecule has 2 aromatic rings. The van der Waals surface area contributed by atoms with E-state index >= 15 is 0 Å². The average Bonchev–Trinajstić information content (AvgIpc) is 2.81. The Kier molecular flexibility index (Phi) is 5.43. The lowest BCUT2D eigenvalue weighted by Gasteiger charge is -2.09. The fourth-order valence-corrected chi connectivity index (χ4v) is 2.94. The van der Waals surface area contributed by atoms with Gasteiger partial charge in [0.1, 0.15) is 0 Å². The number of amides is 3. The maximum Gasteiger partial charge on any atom is 0.321 e. The van der Waals surface area contributed by atoms with E-state index in [1.54, 1.807) is 0 Å². The lowest BCUT2D eigenvalue weighted by atomic mass is 10.3. The van der Waals surface area contributed by atoms with E-state index in [9.17, 15) is 9.59 Å². The summed E-state index contributed by atoms with van der Waals surface area (Å²) in [7, 11) is 0. The van der Waals surface area contributed by atoms with E-state index in [1.807, 2.05) is 45.0 Å². The molecule has 22 heavy (non-hydrogen) atoms. The summed E-state index contributed by atoms with van der Waals surface area (Å²) >= 11 is 1.33. The van der Waals surface area contributed by atoms with E-state index in [-0.39, 0.29) is 17.7 Å². The number of aromatic nitrogens is 2. The van der Waals surface area contributed by atoms with Crippen LogP contribution in [0.1, 0.15) is 20.8 Å². The van der Waals surface area contributed by atoms with Crippen LogP contribution in [0.3, 0.4) is 0 Å². The topological polar surface area (TPSA) is 76.0 Å². The number of imidazole rings is 1. The number of rotatable bonds is 5. The number of carbonyl (C=O) groups excluding carboxylic acids is 2. The third kappa shape index (κ3) is 4.00. The molecular formula is C15H20N4O2S. The van der Waals surface area contributed by atoms with Crippen molar-refractivity contribution in [2.45, 2.75) is 38.5 Å². The molecule has 0 fully saturated rings. The summed E-state index contributed by atoms with van der Waals surface area (Å²) in [5.41, 5.74) is 1.95. The van der Waals surface area contributed by atoms with Gasteiger partial charge in [-0.2, -0.15) is 0 Å². The summed E-state index contributed by atoms with van der Waals surface area (Å²) in [5, 5.41) is 5.70. The van der Waals surface area contributed by atoms with Gasteiger partial charge in [0.25, 0.3) is 0 Å². The van der Waals surface area contributed by atoms with Gasteiger partial charge >= 0.3 is 6.03 Å². The van der Waals surface area contributed by atoms with Crippen LogP contribution in [0.2, 0.25) is 0 Å². The largest absolute Gasteiger partial charge is 0.336 e. The van der Waals surface area contributed by atoms with Gasteiger partial charge in [-0.1, -0.05) is 23.9 Å². The molecule has 1 aromatic carbocycles. The van der Waals surface area contributed by atoms with Crippen molar-refractivity contribution in [1.29, 1.82) is 0 Å². The summed E-state index contributed by atoms with van der Waals surface area (Å²) in [5.74, 6) is -0.188. The standard InChI is InChI=1S/C15H20N4O2S/c1-4-19-12-8-6-5-7-11(12)17-15(19)22-9-13(20)18-14(21)16-10(2)3/h5-8,10H,4,9H2,1-3H3,(H2,16,18,20,21). The van der Waals surface area contributed by atoms with Gasteiger partial charge in [0.05, 0.1) is 16.8 Å². The van der Waals surface area contributed by atoms with E-state index in [0.717, 1.165) is 22.7 Å². The number of carbonyl (C=O) groups is 2. The third-order valence-electron chi connectivity index (χ3n) is 2.94. The maximum absolute atomic E-state index is 11.8. The van der Waals surface area contributed by atoms with Crippen molar-refractivity contribution in [3.8, 4) is 0 Å². The highest BCUT2D eigenvalue weighted by Crippen LogP contribution is 2.23. The Hall–Kier alpha value is -2.02. The number of thioether (sulfide) groups is 1. The minimum Gasteiger partial charge on any atom is -0.336 e. The van der Waals surface area contributed by atoms with Crippen molar-refractivity contribution in [3.63, 3.8) is 0 Å². The lowest BCUT2D eigenvalue weighted by molar-refractivity contribution is -0.117. The van der Waals surface area contributed by atoms with Gasteiger partial charge in [-0.3, -0.25) is 10.1 Å². The smallest absolute Gasteiger partial charge is 0.321 e. The Bertz CT molecular complexity index is 681. The molecule has 118 valence electrons. The van der Waals surface area contributed by atoms with Crippen LogP contribution in [-0.2, 0) is 11.3 Å². The average molecular weight is 320 g/mol. The molecule has 1 heterocycles. The van der Waals surface area contributed by atoms with Crippen molar-refractivity contribution < 1.29 is 9.59 Å². The molecule has 2 N–H and O–H groups in total. The summed E-state index contributed by atoms with van der Waals surface area (Å²) in [4.78, 5) is 27.8. The molecule has 0 saturated heterocycles. The lowest BCUT2D eigenvalue weighted by Crippen LogP contribution is -2.43. The van der Waals surface area contributed by atoms with Gasteiger partial charge in [0.15, 0.2) is 5.16 Å². The summed E-state index contributed by atoms with van der Waals surface area (Å²) in [6.07, 6.45) is 0. The minimum atomic E-state index is -0.468. The quantitative estimate of drug-likeness (QED) is 0.829. The molecule has 1 aromatic heterocycles. The van der Waals surface area contributed by atoms with Gasteiger partial charge in [0.2, 0.25) is 5.91 Å². The Balaban J connectivity index is 1.99. The van der Waals surface area contributed by atoms with E-state index in [2.05, 4.69) is 20.2 Å². The number of para-hydroxylation sites is 2. The van der Waals surface area contributed by atoms with Crippen molar-refractivity contribution >= 4 is 34.7 Å². The molecule has 0 saturated carbocycles. The normalized spacial score (nSPS) is 10.9. The highest BCUT2D eigenvalue weighted by atomic mass is 32.2. The van der Waals surface area contributed by atoms with E-state index in [4.69, 9.17) is 0 Å². The Morgan fingerprint density at radius 3 is 2.73 bits per heavy atom. The molecule has 0 spiro atoms. The van der Waals surface area contributed by atoms with Gasteiger partial charge in [-0.15, -0.1) is 0 Å². The SMILES string of the molecule is CCn1c(SCC(=O)NC(=O)NC(C)C)nc2ccccc21. The summed E-state index contributed by atoms with van der Waals surface area (Å²) < 4.78 is 2.06. The molecule has 0 aliphatic rings. The van der Waals surface area contributed by atoms with E-state index in [1.165, 1.54) is 11.8 Å². The molecule has 2 rings (SSSR count). The monoisotopic (exact) mass is 320 g/mol. The van der Waals surface area contributed by atoms with Crippen LogP contribution in [0.4, 0.5) is 4.79 Å². The molecule has 0 unspecified atom stereocenters. The second kappa shape index (κ2) is 7.31. The number of nitrogens with zero attached hydrogens (tertiary/aromatic N) is 2. The van der Waals surface area contributed by atoms with Crippen LogP contribution >= 0.6 is 11.8 Å². The number of aryl methyl sites for hydroxylation is 1. The molecule has 0 atom stereocenters. The number of hydrogen-bond donors (Lipinski definition) is 2. The highest BCUT2D eigenvalue weighted by Gasteiger charge is 2.13.